The Kier molecular flexibility index (Phi) is 4.18. The Labute approximate surface area is 102 Å². The smallest absolute Gasteiger partial charge is 0.223 e. The fraction of sp³-hybridized carbons (Fsp3) is 0.692. The number of carbonyl (C=O) groups is 1. The number of hydrogen-bond acceptors (Lipinski definition) is 2. The van der Waals surface area contributed by atoms with E-state index in [1.807, 2.05) is 12.5 Å². The Morgan fingerprint density at radius 2 is 2.47 bits per heavy atom. The zero-order valence-corrected chi connectivity index (χ0v) is 10.5. The number of unbranched alkanes of at least 4 members (excludes halogenated alkanes) is 2. The summed E-state index contributed by atoms with van der Waals surface area (Å²) in [7, 11) is 0. The third-order valence-electron chi connectivity index (χ3n) is 3.42. The number of carbonyl (C=O) groups excluding carboxylic acids is 1. The molecule has 0 saturated carbocycles. The van der Waals surface area contributed by atoms with Crippen LogP contribution >= 0.6 is 0 Å². The van der Waals surface area contributed by atoms with Gasteiger partial charge in [-0.05, 0) is 12.8 Å². The monoisotopic (exact) mass is 235 g/mol. The van der Waals surface area contributed by atoms with Crippen LogP contribution in [0.4, 0.5) is 0 Å². The van der Waals surface area contributed by atoms with E-state index in [9.17, 15) is 4.79 Å². The van der Waals surface area contributed by atoms with Gasteiger partial charge in [-0.1, -0.05) is 19.8 Å². The number of amides is 1. The first kappa shape index (κ1) is 12.1. The fourth-order valence-electron chi connectivity index (χ4n) is 2.32. The summed E-state index contributed by atoms with van der Waals surface area (Å²) in [6, 6.07) is 0. The summed E-state index contributed by atoms with van der Waals surface area (Å²) >= 11 is 0. The van der Waals surface area contributed by atoms with Crippen LogP contribution in [0.5, 0.6) is 0 Å². The van der Waals surface area contributed by atoms with E-state index in [0.717, 1.165) is 32.4 Å². The summed E-state index contributed by atoms with van der Waals surface area (Å²) in [6.45, 7) is 3.91. The van der Waals surface area contributed by atoms with E-state index < -0.39 is 0 Å². The van der Waals surface area contributed by atoms with Crippen molar-refractivity contribution in [2.24, 2.45) is 5.92 Å². The lowest BCUT2D eigenvalue weighted by Gasteiger charge is -2.22. The lowest BCUT2D eigenvalue weighted by Crippen LogP contribution is -2.35. The van der Waals surface area contributed by atoms with Crippen molar-refractivity contribution in [2.75, 3.05) is 6.54 Å². The number of nitrogens with zero attached hydrogens (tertiary/aromatic N) is 2. The molecule has 1 aliphatic rings. The lowest BCUT2D eigenvalue weighted by molar-refractivity contribution is -0.125. The highest BCUT2D eigenvalue weighted by molar-refractivity contribution is 5.78. The van der Waals surface area contributed by atoms with E-state index >= 15 is 0 Å². The van der Waals surface area contributed by atoms with Crippen LogP contribution in [-0.2, 0) is 17.8 Å². The normalized spacial score (nSPS) is 18.8. The molecule has 0 aromatic carbocycles. The predicted molar refractivity (Wildman–Crippen MR) is 66.6 cm³/mol. The van der Waals surface area contributed by atoms with Gasteiger partial charge in [0.15, 0.2) is 0 Å². The van der Waals surface area contributed by atoms with Gasteiger partial charge in [0, 0.05) is 37.3 Å². The summed E-state index contributed by atoms with van der Waals surface area (Å²) in [5.74, 6) is 0.356. The minimum absolute atomic E-state index is 0.140. The van der Waals surface area contributed by atoms with Gasteiger partial charge in [0.05, 0.1) is 6.33 Å². The number of nitrogens with one attached hydrogen (secondary N) is 1. The molecule has 1 amide bonds. The summed E-state index contributed by atoms with van der Waals surface area (Å²) < 4.78 is 2.14. The van der Waals surface area contributed by atoms with E-state index in [1.165, 1.54) is 18.5 Å². The quantitative estimate of drug-likeness (QED) is 0.790. The maximum atomic E-state index is 12.0. The molecule has 0 radical (unpaired) electrons. The van der Waals surface area contributed by atoms with Gasteiger partial charge >= 0.3 is 0 Å². The number of hydrogen-bond donors (Lipinski definition) is 1. The van der Waals surface area contributed by atoms with Crippen molar-refractivity contribution in [3.8, 4) is 0 Å². The summed E-state index contributed by atoms with van der Waals surface area (Å²) in [5.41, 5.74) is 1.19. The maximum Gasteiger partial charge on any atom is 0.223 e. The molecule has 0 saturated heterocycles. The van der Waals surface area contributed by atoms with Crippen molar-refractivity contribution >= 4 is 5.91 Å². The second-order valence-electron chi connectivity index (χ2n) is 4.77. The number of imidazole rings is 1. The van der Waals surface area contributed by atoms with Crippen LogP contribution < -0.4 is 5.32 Å². The highest BCUT2D eigenvalue weighted by Crippen LogP contribution is 2.19. The predicted octanol–water partition coefficient (Wildman–Crippen LogP) is 1.75. The first-order valence-corrected chi connectivity index (χ1v) is 6.58. The molecule has 0 aliphatic carbocycles. The van der Waals surface area contributed by atoms with E-state index in [-0.39, 0.29) is 11.8 Å². The molecule has 1 aliphatic heterocycles. The molecule has 2 rings (SSSR count). The average Bonchev–Trinajstić information content (AvgIpc) is 2.81. The van der Waals surface area contributed by atoms with Gasteiger partial charge < -0.3 is 9.88 Å². The molecule has 1 N–H and O–H groups in total. The number of aryl methyl sites for hydroxylation is 1. The second kappa shape index (κ2) is 5.84. The Morgan fingerprint density at radius 3 is 3.29 bits per heavy atom. The van der Waals surface area contributed by atoms with Crippen molar-refractivity contribution in [2.45, 2.75) is 45.6 Å². The first-order valence-electron chi connectivity index (χ1n) is 6.58. The third kappa shape index (κ3) is 3.08. The maximum absolute atomic E-state index is 12.0. The summed E-state index contributed by atoms with van der Waals surface area (Å²) in [4.78, 5) is 16.1. The number of fused-ring (bicyclic) bond motifs is 1. The van der Waals surface area contributed by atoms with Gasteiger partial charge in [-0.2, -0.15) is 0 Å². The Balaban J connectivity index is 1.78. The highest BCUT2D eigenvalue weighted by atomic mass is 16.1. The molecule has 17 heavy (non-hydrogen) atoms. The van der Waals surface area contributed by atoms with Crippen molar-refractivity contribution < 1.29 is 4.79 Å². The average molecular weight is 235 g/mol. The van der Waals surface area contributed by atoms with Crippen molar-refractivity contribution in [1.82, 2.24) is 14.9 Å². The molecule has 0 spiro atoms. The van der Waals surface area contributed by atoms with Crippen LogP contribution in [0.15, 0.2) is 12.5 Å². The van der Waals surface area contributed by atoms with Gasteiger partial charge in [-0.25, -0.2) is 4.98 Å². The SMILES string of the molecule is CCCCCNC(=O)C1CCn2cncc2C1. The third-order valence-corrected chi connectivity index (χ3v) is 3.42. The fourth-order valence-corrected chi connectivity index (χ4v) is 2.32. The lowest BCUT2D eigenvalue weighted by atomic mass is 9.95. The van der Waals surface area contributed by atoms with Crippen molar-refractivity contribution in [3.63, 3.8) is 0 Å². The summed E-state index contributed by atoms with van der Waals surface area (Å²) in [5, 5.41) is 3.04. The van der Waals surface area contributed by atoms with Gasteiger partial charge in [-0.15, -0.1) is 0 Å². The molecule has 4 heteroatoms. The van der Waals surface area contributed by atoms with Crippen LogP contribution in [0.3, 0.4) is 0 Å². The molecule has 4 nitrogen and oxygen atoms in total. The standard InChI is InChI=1S/C13H21N3O/c1-2-3-4-6-15-13(17)11-5-7-16-10-14-9-12(16)8-11/h9-11H,2-8H2,1H3,(H,15,17). The second-order valence-corrected chi connectivity index (χ2v) is 4.77. The molecule has 0 bridgehead atoms. The minimum Gasteiger partial charge on any atom is -0.356 e. The Bertz CT molecular complexity index is 372. The molecule has 1 unspecified atom stereocenters. The van der Waals surface area contributed by atoms with Crippen LogP contribution in [0.1, 0.15) is 38.3 Å². The molecule has 1 aromatic heterocycles. The Morgan fingerprint density at radius 1 is 1.59 bits per heavy atom. The van der Waals surface area contributed by atoms with Gasteiger partial charge in [0.25, 0.3) is 0 Å². The molecule has 94 valence electrons. The van der Waals surface area contributed by atoms with Crippen molar-refractivity contribution in [1.29, 1.82) is 0 Å². The zero-order chi connectivity index (χ0) is 12.1. The largest absolute Gasteiger partial charge is 0.356 e. The van der Waals surface area contributed by atoms with Crippen LogP contribution in [-0.4, -0.2) is 22.0 Å². The van der Waals surface area contributed by atoms with Crippen LogP contribution in [0.25, 0.3) is 0 Å². The molecule has 0 fully saturated rings. The van der Waals surface area contributed by atoms with Crippen LogP contribution in [0, 0.1) is 5.92 Å². The molecule has 1 aromatic rings. The van der Waals surface area contributed by atoms with E-state index in [0.29, 0.717) is 0 Å². The van der Waals surface area contributed by atoms with Crippen molar-refractivity contribution in [3.05, 3.63) is 18.2 Å². The zero-order valence-electron chi connectivity index (χ0n) is 10.5. The topological polar surface area (TPSA) is 46.9 Å². The molecule has 2 heterocycles. The van der Waals surface area contributed by atoms with Gasteiger partial charge in [0.1, 0.15) is 0 Å². The van der Waals surface area contributed by atoms with Gasteiger partial charge in [0.2, 0.25) is 5.91 Å². The molecule has 1 atom stereocenters. The van der Waals surface area contributed by atoms with E-state index in [2.05, 4.69) is 21.8 Å². The minimum atomic E-state index is 0.140. The molecular weight excluding hydrogens is 214 g/mol. The Hall–Kier alpha value is -1.32. The first-order chi connectivity index (χ1) is 8.31. The van der Waals surface area contributed by atoms with E-state index in [4.69, 9.17) is 0 Å². The molecular formula is C13H21N3O. The highest BCUT2D eigenvalue weighted by Gasteiger charge is 2.24. The number of rotatable bonds is 5. The van der Waals surface area contributed by atoms with E-state index in [1.54, 1.807) is 0 Å². The van der Waals surface area contributed by atoms with Crippen LogP contribution in [0.2, 0.25) is 0 Å². The van der Waals surface area contributed by atoms with Gasteiger partial charge in [-0.3, -0.25) is 4.79 Å². The number of aromatic nitrogens is 2. The summed E-state index contributed by atoms with van der Waals surface area (Å²) in [6.07, 6.45) is 8.97.